The number of piperidine rings is 1. The Balaban J connectivity index is 1.88. The van der Waals surface area contributed by atoms with Gasteiger partial charge in [0, 0.05) is 13.0 Å². The fourth-order valence-electron chi connectivity index (χ4n) is 2.55. The van der Waals surface area contributed by atoms with Crippen molar-refractivity contribution < 1.29 is 9.47 Å². The van der Waals surface area contributed by atoms with Crippen LogP contribution in [0.5, 0.6) is 0 Å². The number of nitrogens with zero attached hydrogens (tertiary/aromatic N) is 2. The van der Waals surface area contributed by atoms with E-state index in [9.17, 15) is 4.79 Å². The highest BCUT2D eigenvalue weighted by molar-refractivity contribution is 5.61. The van der Waals surface area contributed by atoms with Crippen LogP contribution in [0.1, 0.15) is 12.8 Å². The summed E-state index contributed by atoms with van der Waals surface area (Å²) in [6, 6.07) is 0. The monoisotopic (exact) mass is 252 g/mol. The second-order valence-electron chi connectivity index (χ2n) is 4.60. The second-order valence-corrected chi connectivity index (χ2v) is 4.60. The number of rotatable bonds is 1. The predicted molar refractivity (Wildman–Crippen MR) is 65.4 cm³/mol. The third-order valence-corrected chi connectivity index (χ3v) is 3.40. The first kappa shape index (κ1) is 11.5. The zero-order valence-corrected chi connectivity index (χ0v) is 10.0. The minimum Gasteiger partial charge on any atom is -0.391 e. The van der Waals surface area contributed by atoms with E-state index < -0.39 is 5.79 Å². The van der Waals surface area contributed by atoms with Crippen LogP contribution in [0.15, 0.2) is 11.1 Å². The largest absolute Gasteiger partial charge is 0.391 e. The first-order valence-corrected chi connectivity index (χ1v) is 6.06. The highest BCUT2D eigenvalue weighted by atomic mass is 16.7. The highest BCUT2D eigenvalue weighted by Gasteiger charge is 2.41. The quantitative estimate of drug-likeness (QED) is 0.712. The first-order chi connectivity index (χ1) is 8.70. The number of nitrogens with one attached hydrogen (secondary N) is 1. The number of hydrogen-bond acceptors (Lipinski definition) is 6. The zero-order chi connectivity index (χ0) is 12.6. The Morgan fingerprint density at radius 2 is 2.22 bits per heavy atom. The summed E-state index contributed by atoms with van der Waals surface area (Å²) in [6.45, 7) is 2.60. The maximum Gasteiger partial charge on any atom is 0.276 e. The van der Waals surface area contributed by atoms with E-state index in [1.807, 2.05) is 4.90 Å². The molecule has 2 aliphatic rings. The van der Waals surface area contributed by atoms with Gasteiger partial charge in [-0.1, -0.05) is 0 Å². The second kappa shape index (κ2) is 4.25. The summed E-state index contributed by atoms with van der Waals surface area (Å²) < 4.78 is 11.4. The summed E-state index contributed by atoms with van der Waals surface area (Å²) in [5.74, 6) is -0.0356. The lowest BCUT2D eigenvalue weighted by Gasteiger charge is -2.39. The lowest BCUT2D eigenvalue weighted by molar-refractivity contribution is -0.161. The summed E-state index contributed by atoms with van der Waals surface area (Å²) in [6.07, 6.45) is 3.16. The molecule has 1 aromatic heterocycles. The third-order valence-electron chi connectivity index (χ3n) is 3.40. The molecule has 0 radical (unpaired) electrons. The molecular formula is C11H16N4O3. The number of aromatic amines is 1. The molecule has 1 spiro atoms. The topological polar surface area (TPSA) is 93.5 Å². The molecule has 0 saturated carbocycles. The maximum absolute atomic E-state index is 11.5. The third kappa shape index (κ3) is 1.85. The van der Waals surface area contributed by atoms with Crippen molar-refractivity contribution >= 4 is 11.5 Å². The smallest absolute Gasteiger partial charge is 0.276 e. The van der Waals surface area contributed by atoms with Crippen LogP contribution in [0.4, 0.5) is 11.5 Å². The minimum atomic E-state index is -0.547. The molecule has 0 bridgehead atoms. The van der Waals surface area contributed by atoms with Gasteiger partial charge in [-0.05, 0) is 6.42 Å². The van der Waals surface area contributed by atoms with Gasteiger partial charge in [-0.25, -0.2) is 4.98 Å². The number of aromatic nitrogens is 2. The minimum absolute atomic E-state index is 0.146. The summed E-state index contributed by atoms with van der Waals surface area (Å²) in [4.78, 5) is 20.1. The van der Waals surface area contributed by atoms with Crippen LogP contribution in [0.25, 0.3) is 0 Å². The van der Waals surface area contributed by atoms with E-state index in [0.29, 0.717) is 25.6 Å². The lowest BCUT2D eigenvalue weighted by Crippen LogP contribution is -2.49. The summed E-state index contributed by atoms with van der Waals surface area (Å²) in [5.41, 5.74) is 5.60. The summed E-state index contributed by atoms with van der Waals surface area (Å²) >= 11 is 0. The molecule has 3 N–H and O–H groups in total. The van der Waals surface area contributed by atoms with Gasteiger partial charge in [0.15, 0.2) is 11.6 Å². The molecule has 0 aromatic carbocycles. The van der Waals surface area contributed by atoms with Crippen LogP contribution < -0.4 is 16.2 Å². The molecule has 3 rings (SSSR count). The van der Waals surface area contributed by atoms with Crippen LogP contribution >= 0.6 is 0 Å². The molecule has 0 aliphatic carbocycles. The van der Waals surface area contributed by atoms with E-state index in [-0.39, 0.29) is 11.2 Å². The van der Waals surface area contributed by atoms with Crippen molar-refractivity contribution in [2.45, 2.75) is 18.6 Å². The Morgan fingerprint density at radius 3 is 3.00 bits per heavy atom. The number of H-pyrrole nitrogens is 1. The average molecular weight is 252 g/mol. The van der Waals surface area contributed by atoms with Crippen molar-refractivity contribution in [3.63, 3.8) is 0 Å². The van der Waals surface area contributed by atoms with Crippen LogP contribution in [0.3, 0.4) is 0 Å². The van der Waals surface area contributed by atoms with Crippen LogP contribution in [0.2, 0.25) is 0 Å². The Hall–Kier alpha value is -1.60. The molecule has 7 nitrogen and oxygen atoms in total. The number of anilines is 2. The van der Waals surface area contributed by atoms with E-state index in [4.69, 9.17) is 15.2 Å². The van der Waals surface area contributed by atoms with Gasteiger partial charge >= 0.3 is 0 Å². The van der Waals surface area contributed by atoms with Crippen molar-refractivity contribution in [1.82, 2.24) is 9.97 Å². The van der Waals surface area contributed by atoms with Crippen molar-refractivity contribution in [3.8, 4) is 0 Å². The van der Waals surface area contributed by atoms with Gasteiger partial charge in [-0.2, -0.15) is 0 Å². The predicted octanol–water partition coefficient (Wildman–Crippen LogP) is -0.305. The van der Waals surface area contributed by atoms with Gasteiger partial charge in [0.05, 0.1) is 26.1 Å². The first-order valence-electron chi connectivity index (χ1n) is 6.06. The van der Waals surface area contributed by atoms with E-state index in [2.05, 4.69) is 9.97 Å². The van der Waals surface area contributed by atoms with Crippen molar-refractivity contribution in [2.24, 2.45) is 0 Å². The molecule has 0 amide bonds. The van der Waals surface area contributed by atoms with Crippen LogP contribution in [-0.4, -0.2) is 42.1 Å². The molecule has 3 heterocycles. The van der Waals surface area contributed by atoms with Gasteiger partial charge in [0.2, 0.25) is 0 Å². The SMILES string of the molecule is Nc1c(N2CCCC3(C2)OCCO3)nc[nH]c1=O. The average Bonchev–Trinajstić information content (AvgIpc) is 2.81. The fourth-order valence-corrected chi connectivity index (χ4v) is 2.55. The van der Waals surface area contributed by atoms with Crippen molar-refractivity contribution in [1.29, 1.82) is 0 Å². The number of ether oxygens (including phenoxy) is 2. The van der Waals surface area contributed by atoms with E-state index in [0.717, 1.165) is 19.4 Å². The van der Waals surface area contributed by atoms with Crippen molar-refractivity contribution in [3.05, 3.63) is 16.7 Å². The molecule has 7 heteroatoms. The van der Waals surface area contributed by atoms with Gasteiger partial charge in [0.25, 0.3) is 5.56 Å². The maximum atomic E-state index is 11.5. The molecule has 2 fully saturated rings. The Labute approximate surface area is 104 Å². The zero-order valence-electron chi connectivity index (χ0n) is 10.0. The molecular weight excluding hydrogens is 236 g/mol. The Bertz CT molecular complexity index is 495. The molecule has 98 valence electrons. The van der Waals surface area contributed by atoms with Gasteiger partial charge in [-0.15, -0.1) is 0 Å². The molecule has 2 aliphatic heterocycles. The Kier molecular flexibility index (Phi) is 2.71. The van der Waals surface area contributed by atoms with Crippen LogP contribution in [0, 0.1) is 0 Å². The lowest BCUT2D eigenvalue weighted by atomic mass is 10.0. The molecule has 18 heavy (non-hydrogen) atoms. The fraction of sp³-hybridized carbons (Fsp3) is 0.636. The van der Waals surface area contributed by atoms with Gasteiger partial charge in [-0.3, -0.25) is 4.79 Å². The van der Waals surface area contributed by atoms with E-state index in [1.165, 1.54) is 6.33 Å². The van der Waals surface area contributed by atoms with Gasteiger partial charge < -0.3 is 25.1 Å². The van der Waals surface area contributed by atoms with Crippen molar-refractivity contribution in [2.75, 3.05) is 36.9 Å². The van der Waals surface area contributed by atoms with Crippen LogP contribution in [-0.2, 0) is 9.47 Å². The molecule has 0 atom stereocenters. The standard InChI is InChI=1S/C11H16N4O3/c12-8-9(13-7-14-10(8)16)15-3-1-2-11(6-15)17-4-5-18-11/h7H,1-6,12H2,(H,13,14,16). The van der Waals surface area contributed by atoms with Gasteiger partial charge in [0.1, 0.15) is 5.69 Å². The molecule has 0 unspecified atom stereocenters. The van der Waals surface area contributed by atoms with E-state index >= 15 is 0 Å². The molecule has 1 aromatic rings. The summed E-state index contributed by atoms with van der Waals surface area (Å²) in [7, 11) is 0. The highest BCUT2D eigenvalue weighted by Crippen LogP contribution is 2.32. The Morgan fingerprint density at radius 1 is 1.44 bits per heavy atom. The van der Waals surface area contributed by atoms with E-state index in [1.54, 1.807) is 0 Å². The number of hydrogen-bond donors (Lipinski definition) is 2. The normalized spacial score (nSPS) is 22.6. The molecule has 2 saturated heterocycles. The number of nitrogens with two attached hydrogens (primary N) is 1. The number of nitrogen functional groups attached to an aromatic ring is 1. The summed E-state index contributed by atoms with van der Waals surface area (Å²) in [5, 5.41) is 0.